The molecule has 5 aromatic carbocycles. The van der Waals surface area contributed by atoms with E-state index in [-0.39, 0.29) is 5.41 Å². The molecule has 0 spiro atoms. The van der Waals surface area contributed by atoms with Crippen LogP contribution in [0.4, 0.5) is 0 Å². The second-order valence-electron chi connectivity index (χ2n) is 13.5. The SMILES string of the molecule is C=C/C=C(\CCC)c1ccc2c(c1)c1cc(-c3ccc4c(c3)C(C)(C)c3ccc(/C(=C/C=C\C)CC)cc3-4)ccc1n2-c1ccccc1. The second-order valence-corrected chi connectivity index (χ2v) is 13.5. The zero-order valence-electron chi connectivity index (χ0n) is 29.0. The normalized spacial score (nSPS) is 14.2. The first-order valence-electron chi connectivity index (χ1n) is 17.5. The molecule has 0 unspecified atom stereocenters. The molecule has 1 aromatic heterocycles. The number of benzene rings is 5. The zero-order chi connectivity index (χ0) is 33.4. The number of fused-ring (bicyclic) bond motifs is 6. The predicted octanol–water partition coefficient (Wildman–Crippen LogP) is 13.5. The lowest BCUT2D eigenvalue weighted by Crippen LogP contribution is -2.15. The fraction of sp³-hybridized carbons (Fsp3) is 0.191. The minimum Gasteiger partial charge on any atom is -0.309 e. The lowest BCUT2D eigenvalue weighted by atomic mass is 9.81. The Hall–Kier alpha value is -5.14. The fourth-order valence-corrected chi connectivity index (χ4v) is 7.76. The Kier molecular flexibility index (Phi) is 8.40. The van der Waals surface area contributed by atoms with Gasteiger partial charge in [0.1, 0.15) is 0 Å². The molecule has 48 heavy (non-hydrogen) atoms. The maximum Gasteiger partial charge on any atom is 0.0541 e. The second kappa shape index (κ2) is 12.8. The average Bonchev–Trinajstić information content (AvgIpc) is 3.56. The van der Waals surface area contributed by atoms with Gasteiger partial charge in [-0.25, -0.2) is 0 Å². The minimum atomic E-state index is -0.0753. The van der Waals surface area contributed by atoms with Crippen LogP contribution in [0.25, 0.3) is 60.9 Å². The fourth-order valence-electron chi connectivity index (χ4n) is 7.76. The highest BCUT2D eigenvalue weighted by Crippen LogP contribution is 2.50. The lowest BCUT2D eigenvalue weighted by molar-refractivity contribution is 0.660. The largest absolute Gasteiger partial charge is 0.309 e. The van der Waals surface area contributed by atoms with E-state index in [2.05, 4.69) is 173 Å². The Morgan fingerprint density at radius 2 is 1.38 bits per heavy atom. The van der Waals surface area contributed by atoms with E-state index >= 15 is 0 Å². The topological polar surface area (TPSA) is 4.93 Å². The van der Waals surface area contributed by atoms with Crippen molar-refractivity contribution in [1.82, 2.24) is 4.57 Å². The highest BCUT2D eigenvalue weighted by Gasteiger charge is 2.35. The smallest absolute Gasteiger partial charge is 0.0541 e. The summed E-state index contributed by atoms with van der Waals surface area (Å²) in [7, 11) is 0. The maximum atomic E-state index is 4.00. The molecule has 238 valence electrons. The van der Waals surface area contributed by atoms with Gasteiger partial charge in [-0.3, -0.25) is 0 Å². The molecule has 1 aliphatic carbocycles. The third kappa shape index (κ3) is 5.28. The Labute approximate surface area is 286 Å². The van der Waals surface area contributed by atoms with Crippen LogP contribution in [-0.4, -0.2) is 4.57 Å². The summed E-state index contributed by atoms with van der Waals surface area (Å²) < 4.78 is 2.41. The Bertz CT molecular complexity index is 2270. The molecule has 1 heteroatoms. The molecule has 7 rings (SSSR count). The highest BCUT2D eigenvalue weighted by molar-refractivity contribution is 6.11. The quantitative estimate of drug-likeness (QED) is 0.141. The van der Waals surface area contributed by atoms with Crippen molar-refractivity contribution in [2.24, 2.45) is 0 Å². The van der Waals surface area contributed by atoms with E-state index in [4.69, 9.17) is 0 Å². The van der Waals surface area contributed by atoms with Crippen molar-refractivity contribution in [3.8, 4) is 27.9 Å². The molecular formula is C47H45N. The molecule has 0 bridgehead atoms. The van der Waals surface area contributed by atoms with Crippen LogP contribution >= 0.6 is 0 Å². The average molecular weight is 624 g/mol. The van der Waals surface area contributed by atoms with Gasteiger partial charge in [-0.2, -0.15) is 0 Å². The number of nitrogens with zero attached hydrogens (tertiary/aromatic N) is 1. The van der Waals surface area contributed by atoms with Crippen molar-refractivity contribution in [2.75, 3.05) is 0 Å². The van der Waals surface area contributed by atoms with Gasteiger partial charge in [0, 0.05) is 21.9 Å². The van der Waals surface area contributed by atoms with Crippen molar-refractivity contribution in [3.05, 3.63) is 162 Å². The Morgan fingerprint density at radius 1 is 0.688 bits per heavy atom. The molecule has 0 saturated heterocycles. The van der Waals surface area contributed by atoms with Crippen molar-refractivity contribution in [3.63, 3.8) is 0 Å². The van der Waals surface area contributed by atoms with E-state index in [1.54, 1.807) is 0 Å². The molecule has 1 nitrogen and oxygen atoms in total. The summed E-state index contributed by atoms with van der Waals surface area (Å²) in [6.07, 6.45) is 13.7. The van der Waals surface area contributed by atoms with Crippen LogP contribution in [0.1, 0.15) is 76.1 Å². The van der Waals surface area contributed by atoms with E-state index in [0.717, 1.165) is 19.3 Å². The summed E-state index contributed by atoms with van der Waals surface area (Å²) in [4.78, 5) is 0. The first kappa shape index (κ1) is 31.5. The van der Waals surface area contributed by atoms with Crippen LogP contribution in [0, 0.1) is 0 Å². The molecule has 0 fully saturated rings. The van der Waals surface area contributed by atoms with Gasteiger partial charge in [-0.1, -0.05) is 126 Å². The van der Waals surface area contributed by atoms with Gasteiger partial charge < -0.3 is 4.57 Å². The number of hydrogen-bond donors (Lipinski definition) is 0. The van der Waals surface area contributed by atoms with Gasteiger partial charge in [-0.05, 0) is 124 Å². The third-order valence-corrected chi connectivity index (χ3v) is 10.2. The molecule has 0 atom stereocenters. The number of aromatic nitrogens is 1. The van der Waals surface area contributed by atoms with Gasteiger partial charge in [0.05, 0.1) is 11.0 Å². The standard InChI is InChI=1S/C47H45N/c1-7-11-17-32(10-4)34-21-25-43-40(28-34)39-24-20-37(31-44(39)47(43,5)6)36-23-27-46-42(30-36)41-29-35(33(15-8-2)16-9-3)22-26-45(41)48(46)38-18-13-12-14-19-38/h7-8,11-15,17-31H,2,9-10,16H2,1,3-6H3/b11-7-,32-17+,33-15+. The summed E-state index contributed by atoms with van der Waals surface area (Å²) in [6, 6.07) is 38.9. The molecule has 6 aromatic rings. The van der Waals surface area contributed by atoms with Gasteiger partial charge in [0.2, 0.25) is 0 Å². The highest BCUT2D eigenvalue weighted by atomic mass is 15.0. The maximum absolute atomic E-state index is 4.00. The van der Waals surface area contributed by atoms with Crippen molar-refractivity contribution < 1.29 is 0 Å². The van der Waals surface area contributed by atoms with E-state index in [9.17, 15) is 0 Å². The van der Waals surface area contributed by atoms with Crippen LogP contribution in [0.3, 0.4) is 0 Å². The molecule has 1 heterocycles. The van der Waals surface area contributed by atoms with Crippen LogP contribution in [-0.2, 0) is 5.41 Å². The van der Waals surface area contributed by atoms with Crippen LogP contribution in [0.2, 0.25) is 0 Å². The van der Waals surface area contributed by atoms with Gasteiger partial charge in [0.15, 0.2) is 0 Å². The monoisotopic (exact) mass is 623 g/mol. The molecule has 1 aliphatic rings. The number of hydrogen-bond acceptors (Lipinski definition) is 0. The first-order chi connectivity index (χ1) is 23.4. The zero-order valence-corrected chi connectivity index (χ0v) is 29.0. The van der Waals surface area contributed by atoms with Crippen molar-refractivity contribution in [2.45, 2.75) is 59.3 Å². The van der Waals surface area contributed by atoms with E-state index in [0.29, 0.717) is 0 Å². The van der Waals surface area contributed by atoms with E-state index < -0.39 is 0 Å². The van der Waals surface area contributed by atoms with Crippen molar-refractivity contribution in [1.29, 1.82) is 0 Å². The summed E-state index contributed by atoms with van der Waals surface area (Å²) in [5, 5.41) is 2.55. The van der Waals surface area contributed by atoms with Crippen LogP contribution in [0.15, 0.2) is 140 Å². The van der Waals surface area contributed by atoms with E-state index in [1.165, 1.54) is 83.1 Å². The lowest BCUT2D eigenvalue weighted by Gasteiger charge is -2.22. The molecule has 0 saturated carbocycles. The molecule has 0 amide bonds. The van der Waals surface area contributed by atoms with Crippen LogP contribution < -0.4 is 0 Å². The molecule has 0 N–H and O–H groups in total. The van der Waals surface area contributed by atoms with Crippen molar-refractivity contribution >= 4 is 33.0 Å². The summed E-state index contributed by atoms with van der Waals surface area (Å²) >= 11 is 0. The van der Waals surface area contributed by atoms with Crippen LogP contribution in [0.5, 0.6) is 0 Å². The van der Waals surface area contributed by atoms with Gasteiger partial charge in [0.25, 0.3) is 0 Å². The Morgan fingerprint density at radius 3 is 2.10 bits per heavy atom. The molecule has 0 aliphatic heterocycles. The third-order valence-electron chi connectivity index (χ3n) is 10.2. The minimum absolute atomic E-state index is 0.0753. The number of rotatable bonds is 9. The first-order valence-corrected chi connectivity index (χ1v) is 17.5. The Balaban J connectivity index is 1.38. The molecule has 0 radical (unpaired) electrons. The van der Waals surface area contributed by atoms with Gasteiger partial charge >= 0.3 is 0 Å². The number of allylic oxidation sites excluding steroid dienone is 7. The summed E-state index contributed by atoms with van der Waals surface area (Å²) in [5.74, 6) is 0. The summed E-state index contributed by atoms with van der Waals surface area (Å²) in [6.45, 7) is 15.3. The summed E-state index contributed by atoms with van der Waals surface area (Å²) in [5.41, 5.74) is 16.9. The predicted molar refractivity (Wildman–Crippen MR) is 210 cm³/mol. The molecular weight excluding hydrogens is 579 g/mol. The van der Waals surface area contributed by atoms with Gasteiger partial charge in [-0.15, -0.1) is 0 Å². The van der Waals surface area contributed by atoms with E-state index in [1.807, 2.05) is 6.08 Å². The number of para-hydroxylation sites is 1.